The van der Waals surface area contributed by atoms with Crippen molar-refractivity contribution < 1.29 is 28.6 Å². The fraction of sp³-hybridized carbons (Fsp3) is 0.435. The molecule has 0 spiro atoms. The lowest BCUT2D eigenvalue weighted by molar-refractivity contribution is -0.142. The number of hydrogen-bond acceptors (Lipinski definition) is 6. The summed E-state index contributed by atoms with van der Waals surface area (Å²) in [6.07, 6.45) is 2.15. The Bertz CT molecular complexity index is 970. The Kier molecular flexibility index (Phi) is 6.59. The Labute approximate surface area is 175 Å². The molecule has 160 valence electrons. The molecule has 0 N–H and O–H groups in total. The van der Waals surface area contributed by atoms with Crippen LogP contribution in [0.15, 0.2) is 24.3 Å². The first kappa shape index (κ1) is 21.6. The van der Waals surface area contributed by atoms with E-state index in [0.717, 1.165) is 24.2 Å². The number of Topliss-reactive ketones (excluding diaryl/α,β-unsaturated/α-hetero) is 2. The lowest BCUT2D eigenvalue weighted by Gasteiger charge is -2.09. The van der Waals surface area contributed by atoms with Gasteiger partial charge in [-0.2, -0.15) is 0 Å². The molecule has 0 saturated heterocycles. The topological polar surface area (TPSA) is 83.8 Å². The molecule has 7 nitrogen and oxygen atoms in total. The number of methoxy groups -OCH3 is 2. The van der Waals surface area contributed by atoms with Gasteiger partial charge in [0.2, 0.25) is 5.78 Å². The van der Waals surface area contributed by atoms with Crippen molar-refractivity contribution in [2.24, 2.45) is 0 Å². The molecule has 1 aliphatic rings. The second kappa shape index (κ2) is 9.15. The molecule has 1 aliphatic carbocycles. The first-order chi connectivity index (χ1) is 14.3. The van der Waals surface area contributed by atoms with E-state index in [2.05, 4.69) is 4.57 Å². The number of aryl methyl sites for hydroxylation is 1. The zero-order valence-electron chi connectivity index (χ0n) is 17.8. The Balaban J connectivity index is 1.51. The summed E-state index contributed by atoms with van der Waals surface area (Å²) in [6.45, 7) is 3.58. The van der Waals surface area contributed by atoms with Crippen LogP contribution in [-0.4, -0.2) is 42.9 Å². The molecule has 2 aromatic rings. The molecule has 3 rings (SSSR count). The van der Waals surface area contributed by atoms with Crippen LogP contribution in [-0.2, 0) is 9.53 Å². The van der Waals surface area contributed by atoms with Crippen LogP contribution in [0.2, 0.25) is 0 Å². The molecule has 1 saturated carbocycles. The predicted molar refractivity (Wildman–Crippen MR) is 111 cm³/mol. The summed E-state index contributed by atoms with van der Waals surface area (Å²) in [4.78, 5) is 36.9. The van der Waals surface area contributed by atoms with Crippen LogP contribution in [0.4, 0.5) is 0 Å². The number of ether oxygens (including phenoxy) is 3. The number of ketones is 2. The van der Waals surface area contributed by atoms with E-state index in [-0.39, 0.29) is 31.0 Å². The number of benzene rings is 1. The van der Waals surface area contributed by atoms with Gasteiger partial charge in [0.05, 0.1) is 20.6 Å². The zero-order chi connectivity index (χ0) is 21.8. The quantitative estimate of drug-likeness (QED) is 0.435. The van der Waals surface area contributed by atoms with E-state index in [0.29, 0.717) is 28.7 Å². The summed E-state index contributed by atoms with van der Waals surface area (Å²) >= 11 is 0. The summed E-state index contributed by atoms with van der Waals surface area (Å²) in [5.74, 6) is -0.0525. The van der Waals surface area contributed by atoms with Gasteiger partial charge in [-0.1, -0.05) is 0 Å². The molecule has 0 unspecified atom stereocenters. The van der Waals surface area contributed by atoms with Gasteiger partial charge in [-0.25, -0.2) is 0 Å². The van der Waals surface area contributed by atoms with Crippen LogP contribution < -0.4 is 9.47 Å². The highest BCUT2D eigenvalue weighted by Gasteiger charge is 2.28. The molecule has 0 radical (unpaired) electrons. The van der Waals surface area contributed by atoms with Gasteiger partial charge in [0, 0.05) is 35.0 Å². The Morgan fingerprint density at radius 1 is 0.967 bits per heavy atom. The third-order valence-corrected chi connectivity index (χ3v) is 5.32. The van der Waals surface area contributed by atoms with Gasteiger partial charge < -0.3 is 18.8 Å². The molecule has 0 atom stereocenters. The molecule has 0 bridgehead atoms. The number of esters is 1. The van der Waals surface area contributed by atoms with Gasteiger partial charge in [-0.3, -0.25) is 14.4 Å². The van der Waals surface area contributed by atoms with Gasteiger partial charge >= 0.3 is 5.97 Å². The highest BCUT2D eigenvalue weighted by Crippen LogP contribution is 2.38. The fourth-order valence-corrected chi connectivity index (χ4v) is 3.62. The molecular formula is C23H27NO6. The van der Waals surface area contributed by atoms with Gasteiger partial charge in [0.25, 0.3) is 0 Å². The fourth-order valence-electron chi connectivity index (χ4n) is 3.62. The third kappa shape index (κ3) is 4.72. The van der Waals surface area contributed by atoms with Crippen LogP contribution in [0.3, 0.4) is 0 Å². The number of rotatable bonds is 10. The van der Waals surface area contributed by atoms with Crippen molar-refractivity contribution in [3.63, 3.8) is 0 Å². The van der Waals surface area contributed by atoms with Crippen molar-refractivity contribution in [1.82, 2.24) is 4.57 Å². The van der Waals surface area contributed by atoms with Gasteiger partial charge in [0.15, 0.2) is 23.9 Å². The molecule has 1 heterocycles. The maximum absolute atomic E-state index is 12.5. The average Bonchev–Trinajstić information content (AvgIpc) is 3.53. The van der Waals surface area contributed by atoms with Gasteiger partial charge in [-0.05, 0) is 51.0 Å². The molecular weight excluding hydrogens is 386 g/mol. The molecule has 1 aromatic carbocycles. The predicted octanol–water partition coefficient (Wildman–Crippen LogP) is 3.85. The average molecular weight is 413 g/mol. The first-order valence-corrected chi connectivity index (χ1v) is 9.98. The third-order valence-electron chi connectivity index (χ3n) is 5.32. The van der Waals surface area contributed by atoms with Crippen LogP contribution >= 0.6 is 0 Å². The Morgan fingerprint density at radius 2 is 1.67 bits per heavy atom. The highest BCUT2D eigenvalue weighted by atomic mass is 16.5. The minimum Gasteiger partial charge on any atom is -0.493 e. The van der Waals surface area contributed by atoms with Crippen molar-refractivity contribution in [1.29, 1.82) is 0 Å². The summed E-state index contributed by atoms with van der Waals surface area (Å²) in [7, 11) is 3.00. The lowest BCUT2D eigenvalue weighted by atomic mass is 10.1. The normalized spacial score (nSPS) is 13.1. The van der Waals surface area contributed by atoms with E-state index in [1.165, 1.54) is 14.2 Å². The standard InChI is InChI=1S/C23H27NO6/c1-14-11-18(15(2)24(14)17-6-7-17)20(26)13-30-23(27)10-8-19(25)16-5-9-21(28-3)22(12-16)29-4/h5,9,11-12,17H,6-8,10,13H2,1-4H3. The number of carbonyl (C=O) groups excluding carboxylic acids is 3. The molecule has 0 aliphatic heterocycles. The second-order valence-electron chi connectivity index (χ2n) is 7.46. The second-order valence-corrected chi connectivity index (χ2v) is 7.46. The number of nitrogens with zero attached hydrogens (tertiary/aromatic N) is 1. The molecule has 30 heavy (non-hydrogen) atoms. The number of aromatic nitrogens is 1. The first-order valence-electron chi connectivity index (χ1n) is 9.98. The van der Waals surface area contributed by atoms with E-state index in [4.69, 9.17) is 14.2 Å². The van der Waals surface area contributed by atoms with Crippen molar-refractivity contribution in [3.05, 3.63) is 46.8 Å². The van der Waals surface area contributed by atoms with Crippen molar-refractivity contribution in [2.45, 2.75) is 45.6 Å². The minimum atomic E-state index is -0.576. The lowest BCUT2D eigenvalue weighted by Crippen LogP contribution is -2.15. The molecule has 7 heteroatoms. The van der Waals surface area contributed by atoms with Crippen molar-refractivity contribution >= 4 is 17.5 Å². The van der Waals surface area contributed by atoms with Crippen molar-refractivity contribution in [3.8, 4) is 11.5 Å². The molecule has 1 aromatic heterocycles. The molecule has 0 amide bonds. The Hall–Kier alpha value is -3.09. The monoisotopic (exact) mass is 413 g/mol. The Morgan fingerprint density at radius 3 is 2.30 bits per heavy atom. The van der Waals surface area contributed by atoms with Crippen LogP contribution in [0.5, 0.6) is 11.5 Å². The van der Waals surface area contributed by atoms with Crippen molar-refractivity contribution in [2.75, 3.05) is 20.8 Å². The summed E-state index contributed by atoms with van der Waals surface area (Å²) in [6, 6.07) is 7.17. The number of carbonyl (C=O) groups is 3. The van der Waals surface area contributed by atoms with E-state index >= 15 is 0 Å². The van der Waals surface area contributed by atoms with Gasteiger partial charge in [-0.15, -0.1) is 0 Å². The van der Waals surface area contributed by atoms with Crippen LogP contribution in [0.1, 0.15) is 63.8 Å². The minimum absolute atomic E-state index is 0.0152. The van der Waals surface area contributed by atoms with Crippen LogP contribution in [0, 0.1) is 13.8 Å². The largest absolute Gasteiger partial charge is 0.493 e. The SMILES string of the molecule is COc1ccc(C(=O)CCC(=O)OCC(=O)c2cc(C)n(C3CC3)c2C)cc1OC. The summed E-state index contributed by atoms with van der Waals surface area (Å²) in [5, 5.41) is 0. The maximum atomic E-state index is 12.5. The summed E-state index contributed by atoms with van der Waals surface area (Å²) in [5.41, 5.74) is 2.97. The smallest absolute Gasteiger partial charge is 0.306 e. The van der Waals surface area contributed by atoms with E-state index < -0.39 is 5.97 Å². The maximum Gasteiger partial charge on any atom is 0.306 e. The number of hydrogen-bond donors (Lipinski definition) is 0. The zero-order valence-corrected chi connectivity index (χ0v) is 17.8. The van der Waals surface area contributed by atoms with E-state index in [9.17, 15) is 14.4 Å². The van der Waals surface area contributed by atoms with Gasteiger partial charge in [0.1, 0.15) is 0 Å². The van der Waals surface area contributed by atoms with E-state index in [1.54, 1.807) is 18.2 Å². The summed E-state index contributed by atoms with van der Waals surface area (Å²) < 4.78 is 17.6. The molecule has 1 fully saturated rings. The highest BCUT2D eigenvalue weighted by molar-refractivity contribution is 6.00. The van der Waals surface area contributed by atoms with Crippen LogP contribution in [0.25, 0.3) is 0 Å². The van der Waals surface area contributed by atoms with E-state index in [1.807, 2.05) is 19.9 Å².